The summed E-state index contributed by atoms with van der Waals surface area (Å²) >= 11 is 7.16. The van der Waals surface area contributed by atoms with Crippen LogP contribution >= 0.6 is 23.4 Å². The number of benzene rings is 2. The van der Waals surface area contributed by atoms with Gasteiger partial charge in [0.25, 0.3) is 0 Å². The van der Waals surface area contributed by atoms with E-state index in [0.29, 0.717) is 33.9 Å². The van der Waals surface area contributed by atoms with E-state index in [2.05, 4.69) is 4.99 Å². The van der Waals surface area contributed by atoms with E-state index in [9.17, 15) is 9.59 Å². The number of aliphatic imine (C=N–C) groups is 1. The van der Waals surface area contributed by atoms with Gasteiger partial charge in [-0.15, -0.1) is 0 Å². The molecule has 2 aliphatic rings. The minimum atomic E-state index is -0.586. The first-order chi connectivity index (χ1) is 13.5. The van der Waals surface area contributed by atoms with E-state index >= 15 is 0 Å². The molecule has 0 spiro atoms. The number of thioether (sulfide) groups is 1. The molecule has 4 rings (SSSR count). The van der Waals surface area contributed by atoms with Gasteiger partial charge in [0.05, 0.1) is 12.2 Å². The minimum absolute atomic E-state index is 0.0409. The van der Waals surface area contributed by atoms with Crippen molar-refractivity contribution < 1.29 is 19.1 Å². The Morgan fingerprint density at radius 3 is 2.71 bits per heavy atom. The number of hydrogen-bond donors (Lipinski definition) is 1. The zero-order valence-electron chi connectivity index (χ0n) is 14.6. The number of carbonyl (C=O) groups is 2. The van der Waals surface area contributed by atoms with Gasteiger partial charge < -0.3 is 15.2 Å². The van der Waals surface area contributed by atoms with E-state index in [1.807, 2.05) is 18.2 Å². The summed E-state index contributed by atoms with van der Waals surface area (Å²) in [5.41, 5.74) is 6.83. The molecule has 1 fully saturated rings. The Bertz CT molecular complexity index is 964. The molecule has 2 amide bonds. The van der Waals surface area contributed by atoms with Crippen LogP contribution in [-0.2, 0) is 16.1 Å². The maximum Gasteiger partial charge on any atom is 0.242 e. The Morgan fingerprint density at radius 2 is 1.96 bits per heavy atom. The maximum absolute atomic E-state index is 12.9. The maximum atomic E-state index is 12.9. The Labute approximate surface area is 170 Å². The zero-order valence-corrected chi connectivity index (χ0v) is 16.2. The Hall–Kier alpha value is -2.71. The van der Waals surface area contributed by atoms with Gasteiger partial charge in [0.2, 0.25) is 18.6 Å². The van der Waals surface area contributed by atoms with Crippen molar-refractivity contribution in [3.8, 4) is 11.5 Å². The predicted molar refractivity (Wildman–Crippen MR) is 107 cm³/mol. The summed E-state index contributed by atoms with van der Waals surface area (Å²) in [7, 11) is 0. The van der Waals surface area contributed by atoms with Gasteiger partial charge in [0.15, 0.2) is 16.7 Å². The fraction of sp³-hybridized carbons (Fsp3) is 0.211. The van der Waals surface area contributed by atoms with Crippen molar-refractivity contribution in [3.05, 3.63) is 53.1 Å². The number of rotatable bonds is 5. The molecule has 1 saturated heterocycles. The molecule has 2 aliphatic heterocycles. The van der Waals surface area contributed by atoms with Crippen molar-refractivity contribution >= 4 is 46.0 Å². The highest BCUT2D eigenvalue weighted by Gasteiger charge is 2.39. The van der Waals surface area contributed by atoms with Gasteiger partial charge in [0.1, 0.15) is 5.25 Å². The molecule has 2 N–H and O–H groups in total. The van der Waals surface area contributed by atoms with E-state index in [1.165, 1.54) is 11.8 Å². The number of amides is 2. The van der Waals surface area contributed by atoms with E-state index in [1.54, 1.807) is 29.2 Å². The number of halogens is 1. The first-order valence-corrected chi connectivity index (χ1v) is 9.74. The summed E-state index contributed by atoms with van der Waals surface area (Å²) in [6.07, 6.45) is -0.0409. The van der Waals surface area contributed by atoms with Gasteiger partial charge in [-0.1, -0.05) is 29.4 Å². The third-order valence-corrected chi connectivity index (χ3v) is 5.66. The lowest BCUT2D eigenvalue weighted by molar-refractivity contribution is -0.128. The van der Waals surface area contributed by atoms with E-state index in [4.69, 9.17) is 26.8 Å². The molecule has 1 atom stereocenters. The smallest absolute Gasteiger partial charge is 0.242 e. The third-order valence-electron chi connectivity index (χ3n) is 4.24. The number of amidine groups is 1. The average molecular weight is 418 g/mol. The highest BCUT2D eigenvalue weighted by atomic mass is 35.5. The van der Waals surface area contributed by atoms with Crippen LogP contribution in [0.2, 0.25) is 5.02 Å². The van der Waals surface area contributed by atoms with Gasteiger partial charge >= 0.3 is 0 Å². The molecule has 2 aromatic carbocycles. The van der Waals surface area contributed by atoms with E-state index in [0.717, 1.165) is 5.56 Å². The topological polar surface area (TPSA) is 94.2 Å². The summed E-state index contributed by atoms with van der Waals surface area (Å²) in [6.45, 7) is 0.478. The van der Waals surface area contributed by atoms with Gasteiger partial charge in [0, 0.05) is 11.4 Å². The fourth-order valence-corrected chi connectivity index (χ4v) is 4.20. The van der Waals surface area contributed by atoms with E-state index in [-0.39, 0.29) is 19.1 Å². The average Bonchev–Trinajstić information content (AvgIpc) is 3.23. The molecular weight excluding hydrogens is 402 g/mol. The number of carbonyl (C=O) groups excluding carboxylic acids is 2. The zero-order chi connectivity index (χ0) is 19.7. The molecule has 0 aliphatic carbocycles. The highest BCUT2D eigenvalue weighted by Crippen LogP contribution is 2.36. The van der Waals surface area contributed by atoms with Crippen molar-refractivity contribution in [2.45, 2.75) is 18.2 Å². The number of nitrogens with two attached hydrogens (primary N) is 1. The first kappa shape index (κ1) is 18.6. The summed E-state index contributed by atoms with van der Waals surface area (Å²) in [4.78, 5) is 30.4. The highest BCUT2D eigenvalue weighted by molar-refractivity contribution is 8.15. The lowest BCUT2D eigenvalue weighted by atomic mass is 10.2. The quantitative estimate of drug-likeness (QED) is 0.806. The summed E-state index contributed by atoms with van der Waals surface area (Å²) in [5.74, 6) is 0.588. The second-order valence-corrected chi connectivity index (χ2v) is 7.87. The standard InChI is InChI=1S/C19H16ClN3O4S/c20-12-2-4-13(5-3-12)22-19-23(18(25)16(28-19)8-17(21)24)9-11-1-6-14-15(7-11)27-10-26-14/h1-7,16H,8-10H2,(H2,21,24)/t16-/m1/s1. The lowest BCUT2D eigenvalue weighted by Crippen LogP contribution is -2.33. The normalized spacial score (nSPS) is 19.5. The number of ether oxygens (including phenoxy) is 2. The molecule has 0 saturated carbocycles. The van der Waals surface area contributed by atoms with Crippen molar-refractivity contribution in [2.75, 3.05) is 6.79 Å². The summed E-state index contributed by atoms with van der Waals surface area (Å²) in [5, 5.41) is 0.525. The second-order valence-electron chi connectivity index (χ2n) is 6.26. The number of fused-ring (bicyclic) bond motifs is 1. The van der Waals surface area contributed by atoms with Crippen LogP contribution in [0.4, 0.5) is 5.69 Å². The van der Waals surface area contributed by atoms with Crippen molar-refractivity contribution in [2.24, 2.45) is 10.7 Å². The molecule has 0 aromatic heterocycles. The predicted octanol–water partition coefficient (Wildman–Crippen LogP) is 3.08. The first-order valence-electron chi connectivity index (χ1n) is 8.49. The molecule has 28 heavy (non-hydrogen) atoms. The Kier molecular flexibility index (Phi) is 5.15. The monoisotopic (exact) mass is 417 g/mol. The summed E-state index contributed by atoms with van der Waals surface area (Å²) < 4.78 is 10.7. The van der Waals surface area contributed by atoms with Crippen molar-refractivity contribution in [3.63, 3.8) is 0 Å². The lowest BCUT2D eigenvalue weighted by Gasteiger charge is -2.17. The summed E-state index contributed by atoms with van der Waals surface area (Å²) in [6, 6.07) is 12.5. The van der Waals surface area contributed by atoms with Crippen LogP contribution in [0.1, 0.15) is 12.0 Å². The van der Waals surface area contributed by atoms with Crippen LogP contribution in [0.5, 0.6) is 11.5 Å². The molecule has 0 radical (unpaired) electrons. The second kappa shape index (κ2) is 7.73. The van der Waals surface area contributed by atoms with Crippen LogP contribution in [0, 0.1) is 0 Å². The molecule has 2 aromatic rings. The number of primary amides is 1. The Balaban J connectivity index is 1.63. The molecular formula is C19H16ClN3O4S. The van der Waals surface area contributed by atoms with E-state index < -0.39 is 11.2 Å². The number of nitrogens with zero attached hydrogens (tertiary/aromatic N) is 2. The Morgan fingerprint density at radius 1 is 1.21 bits per heavy atom. The molecule has 2 heterocycles. The minimum Gasteiger partial charge on any atom is -0.454 e. The van der Waals surface area contributed by atoms with Gasteiger partial charge in [-0.05, 0) is 42.0 Å². The molecule has 144 valence electrons. The van der Waals surface area contributed by atoms with Crippen LogP contribution in [0.3, 0.4) is 0 Å². The van der Waals surface area contributed by atoms with Gasteiger partial charge in [-0.25, -0.2) is 4.99 Å². The van der Waals surface area contributed by atoms with Crippen LogP contribution in [0.25, 0.3) is 0 Å². The van der Waals surface area contributed by atoms with Crippen LogP contribution in [0.15, 0.2) is 47.5 Å². The SMILES string of the molecule is NC(=O)C[C@H]1SC(=Nc2ccc(Cl)cc2)N(Cc2ccc3c(c2)OCO3)C1=O. The van der Waals surface area contributed by atoms with Crippen molar-refractivity contribution in [1.29, 1.82) is 0 Å². The van der Waals surface area contributed by atoms with Crippen LogP contribution in [-0.4, -0.2) is 33.9 Å². The fourth-order valence-electron chi connectivity index (χ4n) is 2.90. The molecule has 7 nitrogen and oxygen atoms in total. The van der Waals surface area contributed by atoms with Gasteiger partial charge in [-0.3, -0.25) is 14.5 Å². The van der Waals surface area contributed by atoms with Crippen molar-refractivity contribution in [1.82, 2.24) is 4.90 Å². The molecule has 9 heteroatoms. The molecule has 0 bridgehead atoms. The van der Waals surface area contributed by atoms with Gasteiger partial charge in [-0.2, -0.15) is 0 Å². The number of hydrogen-bond acceptors (Lipinski definition) is 6. The third kappa shape index (κ3) is 3.93. The largest absolute Gasteiger partial charge is 0.454 e. The van der Waals surface area contributed by atoms with Crippen LogP contribution < -0.4 is 15.2 Å². The molecule has 0 unspecified atom stereocenters.